The molecular formula is C27H25N5O5S2. The molecule has 2 atom stereocenters. The predicted octanol–water partition coefficient (Wildman–Crippen LogP) is 4.13. The van der Waals surface area contributed by atoms with E-state index in [1.54, 1.807) is 36.5 Å². The van der Waals surface area contributed by atoms with Crippen molar-refractivity contribution >= 4 is 44.7 Å². The minimum absolute atomic E-state index is 0.164. The van der Waals surface area contributed by atoms with E-state index in [1.165, 1.54) is 13.2 Å². The summed E-state index contributed by atoms with van der Waals surface area (Å²) in [7, 11) is -2.13. The van der Waals surface area contributed by atoms with Crippen molar-refractivity contribution in [1.29, 1.82) is 0 Å². The summed E-state index contributed by atoms with van der Waals surface area (Å²) in [4.78, 5) is 18.1. The maximum atomic E-state index is 12.1. The number of sulfonamides is 1. The largest absolute Gasteiger partial charge is 0.495 e. The van der Waals surface area contributed by atoms with E-state index in [0.29, 0.717) is 22.2 Å². The first-order chi connectivity index (χ1) is 18.7. The second-order valence-corrected chi connectivity index (χ2v) is 11.0. The van der Waals surface area contributed by atoms with Gasteiger partial charge in [0.25, 0.3) is 0 Å². The summed E-state index contributed by atoms with van der Waals surface area (Å²) in [6, 6.07) is 20.4. The van der Waals surface area contributed by atoms with E-state index in [1.807, 2.05) is 52.1 Å². The van der Waals surface area contributed by atoms with Gasteiger partial charge in [-0.25, -0.2) is 13.2 Å². The summed E-state index contributed by atoms with van der Waals surface area (Å²) in [6.07, 6.45) is 4.63. The minimum Gasteiger partial charge on any atom is -0.495 e. The molecule has 5 rings (SSSR count). The number of aromatic carboxylic acids is 1. The van der Waals surface area contributed by atoms with Gasteiger partial charge in [-0.3, -0.25) is 9.71 Å². The molecule has 3 N–H and O–H groups in total. The van der Waals surface area contributed by atoms with E-state index in [4.69, 9.17) is 17.0 Å². The standard InChI is InChI=1S/C27H25N5O5S2/c1-37-23-12-11-19(16-21(23)30-39(2,35)36)32-25(24(29-27(32)38)20-9-3-4-13-28-20)22-10-6-14-31(22)18-8-5-7-17(15-18)26(33)34/h3-16,24-25,30H,1-2H3,(H,29,38)(H,33,34)/t24-,25+/m1/s1. The number of nitrogens with zero attached hydrogens (tertiary/aromatic N) is 3. The number of rotatable bonds is 8. The predicted molar refractivity (Wildman–Crippen MR) is 152 cm³/mol. The molecule has 200 valence electrons. The molecule has 0 radical (unpaired) electrons. The Hall–Kier alpha value is -4.42. The van der Waals surface area contributed by atoms with Crippen molar-refractivity contribution in [3.8, 4) is 11.4 Å². The van der Waals surface area contributed by atoms with Gasteiger partial charge < -0.3 is 24.6 Å². The lowest BCUT2D eigenvalue weighted by Gasteiger charge is -2.29. The zero-order chi connectivity index (χ0) is 27.7. The Labute approximate surface area is 230 Å². The van der Waals surface area contributed by atoms with Crippen molar-refractivity contribution < 1.29 is 23.1 Å². The van der Waals surface area contributed by atoms with E-state index in [0.717, 1.165) is 17.6 Å². The fourth-order valence-electron chi connectivity index (χ4n) is 4.72. The highest BCUT2D eigenvalue weighted by Crippen LogP contribution is 2.44. The minimum atomic E-state index is -3.59. The van der Waals surface area contributed by atoms with Crippen LogP contribution in [0.15, 0.2) is 85.2 Å². The number of carboxylic acids is 1. The molecule has 3 heterocycles. The van der Waals surface area contributed by atoms with Crippen LogP contribution in [0.5, 0.6) is 5.75 Å². The molecule has 12 heteroatoms. The van der Waals surface area contributed by atoms with Crippen LogP contribution >= 0.6 is 12.2 Å². The molecule has 0 unspecified atom stereocenters. The monoisotopic (exact) mass is 563 g/mol. The molecule has 2 aromatic carbocycles. The zero-order valence-electron chi connectivity index (χ0n) is 21.0. The number of hydrogen-bond donors (Lipinski definition) is 3. The number of carbonyl (C=O) groups is 1. The summed E-state index contributed by atoms with van der Waals surface area (Å²) in [5, 5.41) is 13.3. The summed E-state index contributed by atoms with van der Waals surface area (Å²) in [5.74, 6) is -0.666. The van der Waals surface area contributed by atoms with Crippen LogP contribution in [0.2, 0.25) is 0 Å². The number of anilines is 2. The average Bonchev–Trinajstić information content (AvgIpc) is 3.52. The molecule has 2 aromatic heterocycles. The molecule has 0 saturated carbocycles. The van der Waals surface area contributed by atoms with Gasteiger partial charge in [0.15, 0.2) is 5.11 Å². The Morgan fingerprint density at radius 1 is 1.08 bits per heavy atom. The summed E-state index contributed by atoms with van der Waals surface area (Å²) >= 11 is 5.81. The highest BCUT2D eigenvalue weighted by atomic mass is 32.2. The number of aromatic nitrogens is 2. The number of pyridine rings is 1. The van der Waals surface area contributed by atoms with Crippen molar-refractivity contribution in [2.75, 3.05) is 23.0 Å². The molecule has 4 aromatic rings. The molecule has 1 saturated heterocycles. The van der Waals surface area contributed by atoms with Crippen LogP contribution in [-0.4, -0.2) is 47.5 Å². The quantitative estimate of drug-likeness (QED) is 0.271. The molecular weight excluding hydrogens is 538 g/mol. The van der Waals surface area contributed by atoms with Crippen LogP contribution < -0.4 is 19.7 Å². The third-order valence-electron chi connectivity index (χ3n) is 6.31. The van der Waals surface area contributed by atoms with E-state index < -0.39 is 22.0 Å². The first-order valence-electron chi connectivity index (χ1n) is 11.8. The number of benzene rings is 2. The van der Waals surface area contributed by atoms with E-state index >= 15 is 0 Å². The van der Waals surface area contributed by atoms with Gasteiger partial charge in [-0.2, -0.15) is 0 Å². The van der Waals surface area contributed by atoms with E-state index in [9.17, 15) is 18.3 Å². The van der Waals surface area contributed by atoms with Gasteiger partial charge in [0.2, 0.25) is 10.0 Å². The number of ether oxygens (including phenoxy) is 1. The Bertz CT molecular complexity index is 1660. The maximum absolute atomic E-state index is 12.1. The number of hydrogen-bond acceptors (Lipinski definition) is 6. The number of nitrogens with one attached hydrogen (secondary N) is 2. The Balaban J connectivity index is 1.67. The van der Waals surface area contributed by atoms with Gasteiger partial charge in [0.05, 0.1) is 36.4 Å². The SMILES string of the molecule is COc1ccc(N2C(=S)N[C@H](c3ccccn3)[C@@H]2c2cccn2-c2cccc(C(=O)O)c2)cc1NS(C)(=O)=O. The van der Waals surface area contributed by atoms with Crippen molar-refractivity contribution in [3.05, 3.63) is 102 Å². The zero-order valence-corrected chi connectivity index (χ0v) is 22.6. The fraction of sp³-hybridized carbons (Fsp3) is 0.148. The Morgan fingerprint density at radius 2 is 1.90 bits per heavy atom. The maximum Gasteiger partial charge on any atom is 0.335 e. The highest BCUT2D eigenvalue weighted by Gasteiger charge is 2.42. The van der Waals surface area contributed by atoms with Gasteiger partial charge in [-0.1, -0.05) is 12.1 Å². The highest BCUT2D eigenvalue weighted by molar-refractivity contribution is 7.92. The molecule has 1 fully saturated rings. The van der Waals surface area contributed by atoms with Crippen LogP contribution in [-0.2, 0) is 10.0 Å². The second-order valence-electron chi connectivity index (χ2n) is 8.91. The van der Waals surface area contributed by atoms with Gasteiger partial charge in [0, 0.05) is 29.5 Å². The van der Waals surface area contributed by atoms with Crippen LogP contribution in [0.1, 0.15) is 33.8 Å². The molecule has 0 spiro atoms. The fourth-order valence-corrected chi connectivity index (χ4v) is 5.62. The van der Waals surface area contributed by atoms with Crippen molar-refractivity contribution in [2.45, 2.75) is 12.1 Å². The third kappa shape index (κ3) is 5.29. The molecule has 1 aliphatic rings. The molecule has 0 aliphatic carbocycles. The first kappa shape index (κ1) is 26.2. The lowest BCUT2D eigenvalue weighted by Crippen LogP contribution is -2.30. The summed E-state index contributed by atoms with van der Waals surface area (Å²) in [5.41, 5.74) is 3.29. The van der Waals surface area contributed by atoms with Gasteiger partial charge >= 0.3 is 5.97 Å². The van der Waals surface area contributed by atoms with Crippen molar-refractivity contribution in [3.63, 3.8) is 0 Å². The third-order valence-corrected chi connectivity index (χ3v) is 7.21. The van der Waals surface area contributed by atoms with Crippen molar-refractivity contribution in [2.24, 2.45) is 0 Å². The van der Waals surface area contributed by atoms with Crippen molar-refractivity contribution in [1.82, 2.24) is 14.9 Å². The van der Waals surface area contributed by atoms with Crippen LogP contribution in [0, 0.1) is 0 Å². The van der Waals surface area contributed by atoms with Crippen LogP contribution in [0.25, 0.3) is 5.69 Å². The molecule has 39 heavy (non-hydrogen) atoms. The Morgan fingerprint density at radius 3 is 2.59 bits per heavy atom. The van der Waals surface area contributed by atoms with Crippen LogP contribution in [0.3, 0.4) is 0 Å². The number of thiocarbonyl (C=S) groups is 1. The molecule has 0 bridgehead atoms. The lowest BCUT2D eigenvalue weighted by molar-refractivity contribution is 0.0697. The van der Waals surface area contributed by atoms with E-state index in [-0.39, 0.29) is 17.3 Å². The first-order valence-corrected chi connectivity index (χ1v) is 14.1. The summed E-state index contributed by atoms with van der Waals surface area (Å²) < 4.78 is 33.9. The molecule has 1 aliphatic heterocycles. The molecule has 0 amide bonds. The van der Waals surface area contributed by atoms with Crippen LogP contribution in [0.4, 0.5) is 11.4 Å². The van der Waals surface area contributed by atoms with Gasteiger partial charge in [0.1, 0.15) is 11.8 Å². The normalized spacial score (nSPS) is 17.1. The lowest BCUT2D eigenvalue weighted by atomic mass is 10.0. The topological polar surface area (TPSA) is 126 Å². The Kier molecular flexibility index (Phi) is 6.98. The number of carboxylic acid groups (broad SMARTS) is 1. The smallest absolute Gasteiger partial charge is 0.335 e. The second kappa shape index (κ2) is 10.4. The van der Waals surface area contributed by atoms with E-state index in [2.05, 4.69) is 15.0 Å². The summed E-state index contributed by atoms with van der Waals surface area (Å²) in [6.45, 7) is 0. The van der Waals surface area contributed by atoms with Gasteiger partial charge in [-0.05, 0) is 72.9 Å². The molecule has 10 nitrogen and oxygen atoms in total. The number of methoxy groups -OCH3 is 1. The van der Waals surface area contributed by atoms with Gasteiger partial charge in [-0.15, -0.1) is 0 Å². The average molecular weight is 564 g/mol.